The summed E-state index contributed by atoms with van der Waals surface area (Å²) in [6, 6.07) is 16.6. The van der Waals surface area contributed by atoms with Crippen LogP contribution in [0.3, 0.4) is 0 Å². The SMILES string of the molecule is Cc1noc2nc(-c3ccccc3)cc(C(=O)NNC(=O)[C@H](C)Oc3ccccc3F)c12. The number of carbonyl (C=O) groups is 2. The number of carbonyl (C=O) groups excluding carboxylic acids is 2. The van der Waals surface area contributed by atoms with Gasteiger partial charge in [0.15, 0.2) is 17.7 Å². The number of nitrogens with one attached hydrogen (secondary N) is 2. The summed E-state index contributed by atoms with van der Waals surface area (Å²) >= 11 is 0. The van der Waals surface area contributed by atoms with Crippen LogP contribution in [-0.4, -0.2) is 28.1 Å². The molecule has 0 radical (unpaired) electrons. The van der Waals surface area contributed by atoms with Gasteiger partial charge in [-0.05, 0) is 32.0 Å². The molecule has 2 aromatic heterocycles. The average molecular weight is 434 g/mol. The van der Waals surface area contributed by atoms with Gasteiger partial charge in [0.25, 0.3) is 17.5 Å². The number of aryl methyl sites for hydroxylation is 1. The van der Waals surface area contributed by atoms with Crippen molar-refractivity contribution in [2.45, 2.75) is 20.0 Å². The Morgan fingerprint density at radius 1 is 1.06 bits per heavy atom. The summed E-state index contributed by atoms with van der Waals surface area (Å²) in [5.74, 6) is -1.90. The molecule has 0 saturated carbocycles. The highest BCUT2D eigenvalue weighted by molar-refractivity contribution is 6.07. The molecule has 9 heteroatoms. The number of pyridine rings is 1. The number of ether oxygens (including phenoxy) is 1. The maximum Gasteiger partial charge on any atom is 0.279 e. The van der Waals surface area contributed by atoms with E-state index in [1.807, 2.05) is 30.3 Å². The summed E-state index contributed by atoms with van der Waals surface area (Å²) in [5, 5.41) is 4.33. The molecule has 0 aliphatic carbocycles. The van der Waals surface area contributed by atoms with E-state index in [1.54, 1.807) is 19.1 Å². The van der Waals surface area contributed by atoms with Gasteiger partial charge in [-0.1, -0.05) is 47.6 Å². The van der Waals surface area contributed by atoms with E-state index in [1.165, 1.54) is 25.1 Å². The molecule has 2 aromatic carbocycles. The van der Waals surface area contributed by atoms with Crippen LogP contribution in [0.25, 0.3) is 22.4 Å². The number of hydrogen-bond acceptors (Lipinski definition) is 6. The van der Waals surface area contributed by atoms with Crippen molar-refractivity contribution in [1.29, 1.82) is 0 Å². The van der Waals surface area contributed by atoms with Crippen molar-refractivity contribution in [3.05, 3.63) is 77.7 Å². The zero-order valence-corrected chi connectivity index (χ0v) is 17.3. The summed E-state index contributed by atoms with van der Waals surface area (Å²) in [7, 11) is 0. The highest BCUT2D eigenvalue weighted by atomic mass is 19.1. The van der Waals surface area contributed by atoms with Crippen LogP contribution >= 0.6 is 0 Å². The van der Waals surface area contributed by atoms with Gasteiger partial charge in [0.1, 0.15) is 0 Å². The minimum absolute atomic E-state index is 0.0649. The molecule has 0 unspecified atom stereocenters. The molecule has 8 nitrogen and oxygen atoms in total. The molecule has 0 spiro atoms. The molecule has 4 rings (SSSR count). The standard InChI is InChI=1S/C23H19FN4O4/c1-13-20-16(12-18(25-23(20)32-28-13)15-8-4-3-5-9-15)22(30)27-26-21(29)14(2)31-19-11-7-6-10-17(19)24/h3-12,14H,1-2H3,(H,26,29)(H,27,30)/t14-/m0/s1. The van der Waals surface area contributed by atoms with Gasteiger partial charge in [-0.3, -0.25) is 20.4 Å². The molecule has 2 N–H and O–H groups in total. The predicted octanol–water partition coefficient (Wildman–Crippen LogP) is 3.57. The minimum atomic E-state index is -1.05. The Kier molecular flexibility index (Phi) is 5.80. The molecule has 0 fully saturated rings. The summed E-state index contributed by atoms with van der Waals surface area (Å²) in [6.07, 6.45) is -1.05. The second kappa shape index (κ2) is 8.84. The molecule has 0 bridgehead atoms. The second-order valence-electron chi connectivity index (χ2n) is 7.00. The third kappa shape index (κ3) is 4.27. The monoisotopic (exact) mass is 434 g/mol. The van der Waals surface area contributed by atoms with Crippen molar-refractivity contribution in [2.24, 2.45) is 0 Å². The predicted molar refractivity (Wildman–Crippen MR) is 114 cm³/mol. The van der Waals surface area contributed by atoms with Gasteiger partial charge in [0.2, 0.25) is 0 Å². The first-order chi connectivity index (χ1) is 15.4. The average Bonchev–Trinajstić information content (AvgIpc) is 3.19. The van der Waals surface area contributed by atoms with Gasteiger partial charge in [-0.25, -0.2) is 9.37 Å². The summed E-state index contributed by atoms with van der Waals surface area (Å²) in [4.78, 5) is 29.7. The van der Waals surface area contributed by atoms with Gasteiger partial charge in [-0.15, -0.1) is 0 Å². The lowest BCUT2D eigenvalue weighted by Gasteiger charge is -2.15. The minimum Gasteiger partial charge on any atom is -0.478 e. The van der Waals surface area contributed by atoms with Crippen LogP contribution in [0.5, 0.6) is 5.75 Å². The van der Waals surface area contributed by atoms with Crippen LogP contribution in [0.15, 0.2) is 65.2 Å². The molecule has 32 heavy (non-hydrogen) atoms. The van der Waals surface area contributed by atoms with Gasteiger partial charge in [-0.2, -0.15) is 0 Å². The first-order valence-electron chi connectivity index (χ1n) is 9.78. The Bertz CT molecular complexity index is 1290. The fraction of sp³-hybridized carbons (Fsp3) is 0.130. The number of hydrogen-bond donors (Lipinski definition) is 2. The third-order valence-electron chi connectivity index (χ3n) is 4.74. The largest absolute Gasteiger partial charge is 0.478 e. The van der Waals surface area contributed by atoms with Crippen molar-refractivity contribution in [1.82, 2.24) is 21.0 Å². The fourth-order valence-corrected chi connectivity index (χ4v) is 3.10. The lowest BCUT2D eigenvalue weighted by atomic mass is 10.1. The zero-order chi connectivity index (χ0) is 22.7. The number of fused-ring (bicyclic) bond motifs is 1. The van der Waals surface area contributed by atoms with Crippen LogP contribution in [0, 0.1) is 12.7 Å². The quantitative estimate of drug-likeness (QED) is 0.465. The van der Waals surface area contributed by atoms with Crippen molar-refractivity contribution in [3.63, 3.8) is 0 Å². The number of nitrogens with zero attached hydrogens (tertiary/aromatic N) is 2. The number of benzene rings is 2. The third-order valence-corrected chi connectivity index (χ3v) is 4.74. The Balaban J connectivity index is 1.53. The number of para-hydroxylation sites is 1. The lowest BCUT2D eigenvalue weighted by Crippen LogP contribution is -2.47. The second-order valence-corrected chi connectivity index (χ2v) is 7.00. The van der Waals surface area contributed by atoms with E-state index in [0.29, 0.717) is 16.8 Å². The molecule has 0 saturated heterocycles. The van der Waals surface area contributed by atoms with Crippen molar-refractivity contribution < 1.29 is 23.2 Å². The number of rotatable bonds is 5. The summed E-state index contributed by atoms with van der Waals surface area (Å²) < 4.78 is 24.3. The molecule has 2 amide bonds. The number of amides is 2. The number of aromatic nitrogens is 2. The molecule has 1 atom stereocenters. The maximum absolute atomic E-state index is 13.7. The fourth-order valence-electron chi connectivity index (χ4n) is 3.10. The van der Waals surface area contributed by atoms with Crippen LogP contribution in [0.4, 0.5) is 4.39 Å². The van der Waals surface area contributed by atoms with Crippen molar-refractivity contribution in [2.75, 3.05) is 0 Å². The van der Waals surface area contributed by atoms with E-state index >= 15 is 0 Å². The van der Waals surface area contributed by atoms with E-state index in [2.05, 4.69) is 21.0 Å². The first-order valence-corrected chi connectivity index (χ1v) is 9.78. The molecule has 0 aliphatic heterocycles. The zero-order valence-electron chi connectivity index (χ0n) is 17.3. The number of halogens is 1. The van der Waals surface area contributed by atoms with Crippen LogP contribution < -0.4 is 15.6 Å². The Morgan fingerprint density at radius 3 is 2.53 bits per heavy atom. The van der Waals surface area contributed by atoms with E-state index < -0.39 is 23.7 Å². The Morgan fingerprint density at radius 2 is 1.78 bits per heavy atom. The summed E-state index contributed by atoms with van der Waals surface area (Å²) in [5.41, 5.74) is 6.88. The Labute approximate surface area is 182 Å². The topological polar surface area (TPSA) is 106 Å². The van der Waals surface area contributed by atoms with E-state index in [9.17, 15) is 14.0 Å². The molecule has 4 aromatic rings. The highest BCUT2D eigenvalue weighted by Gasteiger charge is 2.21. The van der Waals surface area contributed by atoms with Crippen LogP contribution in [0.2, 0.25) is 0 Å². The molecular formula is C23H19FN4O4. The van der Waals surface area contributed by atoms with Crippen LogP contribution in [0.1, 0.15) is 23.0 Å². The van der Waals surface area contributed by atoms with Gasteiger partial charge >= 0.3 is 0 Å². The van der Waals surface area contributed by atoms with Gasteiger partial charge in [0, 0.05) is 5.56 Å². The molecule has 2 heterocycles. The van der Waals surface area contributed by atoms with E-state index in [0.717, 1.165) is 5.56 Å². The van der Waals surface area contributed by atoms with E-state index in [4.69, 9.17) is 9.26 Å². The molecular weight excluding hydrogens is 415 g/mol. The lowest BCUT2D eigenvalue weighted by molar-refractivity contribution is -0.128. The van der Waals surface area contributed by atoms with Gasteiger partial charge in [0.05, 0.1) is 22.3 Å². The van der Waals surface area contributed by atoms with Crippen molar-refractivity contribution >= 4 is 22.9 Å². The first kappa shape index (κ1) is 21.0. The molecule has 0 aliphatic rings. The normalized spacial score (nSPS) is 11.7. The van der Waals surface area contributed by atoms with Crippen LogP contribution in [-0.2, 0) is 4.79 Å². The Hall–Kier alpha value is -4.27. The summed E-state index contributed by atoms with van der Waals surface area (Å²) in [6.45, 7) is 3.13. The van der Waals surface area contributed by atoms with E-state index in [-0.39, 0.29) is 17.0 Å². The maximum atomic E-state index is 13.7. The van der Waals surface area contributed by atoms with Crippen molar-refractivity contribution in [3.8, 4) is 17.0 Å². The van der Waals surface area contributed by atoms with Gasteiger partial charge < -0.3 is 9.26 Å². The number of hydrazine groups is 1. The smallest absolute Gasteiger partial charge is 0.279 e. The highest BCUT2D eigenvalue weighted by Crippen LogP contribution is 2.26. The molecule has 162 valence electrons.